The molecule has 0 aromatic carbocycles. The van der Waals surface area contributed by atoms with Gasteiger partial charge in [-0.1, -0.05) is 0 Å². The van der Waals surface area contributed by atoms with E-state index in [9.17, 15) is 14.4 Å². The monoisotopic (exact) mass is 1640 g/mol. The first-order valence-corrected chi connectivity index (χ1v) is 39.5. The molecule has 0 aromatic heterocycles. The molecule has 9 heterocycles. The number of thioether (sulfide) groups is 1. The third-order valence-electron chi connectivity index (χ3n) is 15.5. The summed E-state index contributed by atoms with van der Waals surface area (Å²) in [5.74, 6) is 1.37. The van der Waals surface area contributed by atoms with E-state index in [4.69, 9.17) is 99.4 Å². The van der Waals surface area contributed by atoms with Gasteiger partial charge in [-0.25, -0.2) is 19.4 Å². The van der Waals surface area contributed by atoms with Gasteiger partial charge in [0.15, 0.2) is 87.1 Å². The third-order valence-corrected chi connectivity index (χ3v) is 16.3. The minimum atomic E-state index is -0.535. The van der Waals surface area contributed by atoms with Crippen LogP contribution in [-0.2, 0) is 28.5 Å². The van der Waals surface area contributed by atoms with E-state index in [1.807, 2.05) is 54.5 Å². The molecule has 0 atom stereocenters. The van der Waals surface area contributed by atoms with Gasteiger partial charge in [0.2, 0.25) is 5.91 Å². The lowest BCUT2D eigenvalue weighted by Crippen LogP contribution is -2.41. The molecule has 4 N–H and O–H groups in total. The maximum Gasteiger partial charge on any atom is 0.423 e. The summed E-state index contributed by atoms with van der Waals surface area (Å²) in [5, 5.41) is 132. The van der Waals surface area contributed by atoms with Crippen LogP contribution < -0.4 is 10.6 Å². The first-order chi connectivity index (χ1) is 55.1. The molecule has 0 saturated carbocycles. The number of thiol groups is 1. The molecule has 0 bridgehead atoms. The van der Waals surface area contributed by atoms with E-state index in [0.717, 1.165) is 180 Å². The number of rotatable bonds is 12. The van der Waals surface area contributed by atoms with Crippen LogP contribution in [0.15, 0.2) is 0 Å². The number of hydrogen-bond donors (Lipinski definition) is 5. The summed E-state index contributed by atoms with van der Waals surface area (Å²) in [7, 11) is 12.1. The highest BCUT2D eigenvalue weighted by Gasteiger charge is 2.22. The largest absolute Gasteiger partial charge is 0.458 e. The molecule has 638 valence electrons. The number of nitrogens with zero attached hydrogens (tertiary/aromatic N) is 29. The lowest BCUT2D eigenvalue weighted by Gasteiger charge is -2.28. The zero-order valence-corrected chi connectivity index (χ0v) is 71.3. The number of piperazine rings is 3. The van der Waals surface area contributed by atoms with Crippen molar-refractivity contribution in [3.8, 4) is 80.5 Å². The smallest absolute Gasteiger partial charge is 0.423 e. The van der Waals surface area contributed by atoms with Crippen molar-refractivity contribution in [2.45, 2.75) is 96.7 Å². The SMILES string of the molecule is CN(C#N)CCO.CN(C#N)CCS.CN1CCN(C#N)CC1.COCCN(C)C#N.CSCCN(C)C#N.N#CN1CCC(O)CC1.N#CN1CCCC1.N#CN1CCCCC1.N#CN1CCCCC1=O.N#CN1CCNCC1.N#CN1CCNCC1.N#CN1CCOC1.N#CN1CCOC1=O.[C-]#[N+]N(C)CC(=O)OC(C)(C)C. The van der Waals surface area contributed by atoms with Gasteiger partial charge in [0.25, 0.3) is 0 Å². The van der Waals surface area contributed by atoms with E-state index < -0.39 is 11.7 Å². The highest BCUT2D eigenvalue weighted by atomic mass is 32.2. The topological polar surface area (TPSA) is 515 Å². The van der Waals surface area contributed by atoms with Crippen molar-refractivity contribution in [1.29, 1.82) is 68.4 Å². The number of nitriles is 13. The van der Waals surface area contributed by atoms with Gasteiger partial charge < -0.3 is 93.7 Å². The Bertz CT molecular complexity index is 2950. The molecule has 42 heteroatoms. The average Bonchev–Trinajstić information content (AvgIpc) is 1.69. The van der Waals surface area contributed by atoms with Gasteiger partial charge in [0, 0.05) is 191 Å². The van der Waals surface area contributed by atoms with Crippen LogP contribution in [0.2, 0.25) is 0 Å². The van der Waals surface area contributed by atoms with Crippen LogP contribution >= 0.6 is 24.4 Å². The fourth-order valence-electron chi connectivity index (χ4n) is 8.65. The Morgan fingerprint density at radius 1 is 0.557 bits per heavy atom. The van der Waals surface area contributed by atoms with Crippen LogP contribution in [0.25, 0.3) is 4.95 Å². The van der Waals surface area contributed by atoms with Gasteiger partial charge in [-0.2, -0.15) is 104 Å². The van der Waals surface area contributed by atoms with Crippen molar-refractivity contribution >= 4 is 42.4 Å². The van der Waals surface area contributed by atoms with Gasteiger partial charge in [0.05, 0.1) is 59.2 Å². The minimum absolute atomic E-state index is 0.0147. The van der Waals surface area contributed by atoms with Gasteiger partial charge in [-0.3, -0.25) is 9.69 Å². The standard InChI is InChI=1S/C8H14N2O2.C6H11N3.C6H10N2O.C6H8N2O.C6H10N2.2C5H9N3.C5H10N2O.C5H10N2S.C5H8N2.C4H4N2O2.C4H6N2O.C4H8N2O.C4H8N2S/c1-8(2,3)12-7(11)6-10(5)9-4;1-8-2-4-9(6-7)5-3-8;7-5-8-3-1-6(9)2-4-8;7-5-8-4-2-1-3-6(8)9;7-6-8-4-2-1-3-5-8;2*6-5-8-3-1-7-2-4-8;2*1-7(5-6)3-4-8-2;6-5-7-3-1-2-4-7;5-3-6-1-2-8-4(6)7;5-3-6-1-2-7-4-6;2*1-6(4-5)2-3-7/h6H2,1-3,5H3;2-5H2,1H3;6,9H,1-4H2;1-4H2;1-5H2;2*7H,1-4H2;2*3-4H2,1-2H3;1-4H2;1-2H2;1-2,4H2;2*7H,2-3H2,1H3. The molecule has 9 rings (SSSR count). The normalized spacial score (nSPS) is 15.8. The first-order valence-electron chi connectivity index (χ1n) is 37.5. The van der Waals surface area contributed by atoms with Crippen molar-refractivity contribution in [3.05, 3.63) is 11.5 Å². The zero-order chi connectivity index (χ0) is 87.7. The Labute approximate surface area is 694 Å². The maximum atomic E-state index is 11.0. The molecule has 0 aliphatic carbocycles. The van der Waals surface area contributed by atoms with Crippen molar-refractivity contribution in [2.75, 3.05) is 270 Å². The summed E-state index contributed by atoms with van der Waals surface area (Å²) >= 11 is 5.67. The predicted octanol–water partition coefficient (Wildman–Crippen LogP) is 1.68. The molecular formula is C73H125N31O9S2. The number of carbonyl (C=O) groups is 3. The van der Waals surface area contributed by atoms with Crippen LogP contribution in [0.5, 0.6) is 0 Å². The maximum absolute atomic E-state index is 11.0. The summed E-state index contributed by atoms with van der Waals surface area (Å²) in [4.78, 5) is 57.7. The molecule has 40 nitrogen and oxygen atoms in total. The fourth-order valence-corrected chi connectivity index (χ4v) is 9.41. The van der Waals surface area contributed by atoms with Crippen LogP contribution in [-0.4, -0.2) is 384 Å². The Morgan fingerprint density at radius 2 is 0.974 bits per heavy atom. The summed E-state index contributed by atoms with van der Waals surface area (Å²) in [6.45, 7) is 35.1. The zero-order valence-electron chi connectivity index (χ0n) is 69.6. The molecular weight excluding hydrogens is 1520 g/mol. The number of aliphatic hydroxyl groups is 2. The number of methoxy groups -OCH3 is 1. The van der Waals surface area contributed by atoms with E-state index >= 15 is 0 Å². The minimum Gasteiger partial charge on any atom is -0.458 e. The molecule has 0 spiro atoms. The number of amides is 2. The third kappa shape index (κ3) is 74.3. The van der Waals surface area contributed by atoms with Gasteiger partial charge >= 0.3 is 12.1 Å². The van der Waals surface area contributed by atoms with E-state index in [1.165, 1.54) is 63.8 Å². The molecule has 2 amide bonds. The van der Waals surface area contributed by atoms with Crippen molar-refractivity contribution < 1.29 is 43.5 Å². The quantitative estimate of drug-likeness (QED) is 0.0463. The second-order valence-corrected chi connectivity index (χ2v) is 27.6. The van der Waals surface area contributed by atoms with Crippen LogP contribution in [0, 0.1) is 155 Å². The highest BCUT2D eigenvalue weighted by molar-refractivity contribution is 7.98. The number of carbonyl (C=O) groups excluding carboxylic acids is 3. The molecule has 0 unspecified atom stereocenters. The van der Waals surface area contributed by atoms with Gasteiger partial charge in [-0.15, -0.1) is 5.01 Å². The molecule has 9 aliphatic heterocycles. The summed E-state index contributed by atoms with van der Waals surface area (Å²) < 4.78 is 19.0. The summed E-state index contributed by atoms with van der Waals surface area (Å²) in [6.07, 6.45) is 37.2. The number of ether oxygens (including phenoxy) is 4. The van der Waals surface area contributed by atoms with Crippen molar-refractivity contribution in [2.24, 2.45) is 0 Å². The Kier molecular flexibility index (Phi) is 78.1. The van der Waals surface area contributed by atoms with Gasteiger partial charge in [-0.05, 0) is 91.9 Å². The predicted molar refractivity (Wildman–Crippen MR) is 432 cm³/mol. The number of hydrogen-bond acceptors (Lipinski definition) is 39. The number of nitrogens with one attached hydrogen (secondary N) is 2. The number of likely N-dealkylation sites (N-methyl/N-ethyl adjacent to an activating group) is 4. The number of piperidine rings is 3. The highest BCUT2D eigenvalue weighted by Crippen LogP contribution is 2.11. The lowest BCUT2D eigenvalue weighted by atomic mass is 10.1. The van der Waals surface area contributed by atoms with Gasteiger partial charge in [0.1, 0.15) is 18.9 Å². The lowest BCUT2D eigenvalue weighted by molar-refractivity contribution is -0.155. The molecule has 115 heavy (non-hydrogen) atoms. The second kappa shape index (κ2) is 79.7. The molecule has 0 radical (unpaired) electrons. The fraction of sp³-hybridized carbons (Fsp3) is 0.767. The molecule has 9 fully saturated rings. The molecule has 9 saturated heterocycles. The van der Waals surface area contributed by atoms with E-state index in [2.05, 4.69) is 75.9 Å². The van der Waals surface area contributed by atoms with Crippen molar-refractivity contribution in [1.82, 2.24) is 84.2 Å². The summed E-state index contributed by atoms with van der Waals surface area (Å²) in [5.41, 5.74) is -0.472. The van der Waals surface area contributed by atoms with Crippen LogP contribution in [0.1, 0.15) is 85.0 Å². The summed E-state index contributed by atoms with van der Waals surface area (Å²) in [6, 6.07) is 0. The molecule has 9 aliphatic rings. The van der Waals surface area contributed by atoms with Crippen LogP contribution in [0.3, 0.4) is 0 Å². The Balaban J connectivity index is -0.000000378. The van der Waals surface area contributed by atoms with Crippen molar-refractivity contribution in [3.63, 3.8) is 0 Å². The number of likely N-dealkylation sites (tertiary alicyclic amines) is 4. The second-order valence-electron chi connectivity index (χ2n) is 26.2. The molecule has 0 aromatic rings. The van der Waals surface area contributed by atoms with Crippen LogP contribution in [0.4, 0.5) is 4.79 Å². The number of aliphatic hydroxyl groups excluding tert-OH is 2. The van der Waals surface area contributed by atoms with E-state index in [0.29, 0.717) is 59.2 Å². The van der Waals surface area contributed by atoms with E-state index in [-0.39, 0.29) is 31.1 Å². The van der Waals surface area contributed by atoms with E-state index in [1.54, 1.807) is 108 Å². The first kappa shape index (κ1) is 113. The Hall–Kier alpha value is -10.9. The number of cyclic esters (lactones) is 1. The Morgan fingerprint density at radius 3 is 1.28 bits per heavy atom. The number of esters is 1. The average molecular weight is 1650 g/mol.